The van der Waals surface area contributed by atoms with Crippen molar-refractivity contribution in [2.24, 2.45) is 0 Å². The van der Waals surface area contributed by atoms with E-state index in [0.717, 1.165) is 0 Å². The highest BCUT2D eigenvalue weighted by Crippen LogP contribution is 2.04. The highest BCUT2D eigenvalue weighted by Gasteiger charge is 2.06. The third-order valence-corrected chi connectivity index (χ3v) is 2.60. The summed E-state index contributed by atoms with van der Waals surface area (Å²) in [5.41, 5.74) is 0. The van der Waals surface area contributed by atoms with Crippen molar-refractivity contribution < 1.29 is 0 Å². The molecular formula is C10H22N2. The fourth-order valence-corrected chi connectivity index (χ4v) is 1.72. The molecule has 0 bridgehead atoms. The van der Waals surface area contributed by atoms with Gasteiger partial charge in [0.2, 0.25) is 0 Å². The van der Waals surface area contributed by atoms with E-state index in [4.69, 9.17) is 0 Å². The molecule has 0 unspecified atom stereocenters. The Balaban J connectivity index is 0.000000127. The summed E-state index contributed by atoms with van der Waals surface area (Å²) in [6.07, 6.45) is 5.63. The lowest BCUT2D eigenvalue weighted by molar-refractivity contribution is 0.359. The van der Waals surface area contributed by atoms with Gasteiger partial charge in [-0.15, -0.1) is 0 Å². The first-order chi connectivity index (χ1) is 5.93. The van der Waals surface area contributed by atoms with Crippen LogP contribution >= 0.6 is 0 Å². The molecule has 0 spiro atoms. The molecule has 0 aliphatic carbocycles. The van der Waals surface area contributed by atoms with E-state index in [1.807, 2.05) is 0 Å². The Hall–Kier alpha value is -0.0800. The van der Waals surface area contributed by atoms with Crippen molar-refractivity contribution in [2.75, 3.05) is 32.7 Å². The molecule has 2 aliphatic rings. The average Bonchev–Trinajstić information content (AvgIpc) is 2.81. The van der Waals surface area contributed by atoms with Crippen LogP contribution in [0, 0.1) is 0 Å². The smallest absolute Gasteiger partial charge is 0.00184 e. The normalized spacial score (nSPS) is 23.8. The number of rotatable bonds is 1. The van der Waals surface area contributed by atoms with Crippen molar-refractivity contribution in [3.8, 4) is 0 Å². The summed E-state index contributed by atoms with van der Waals surface area (Å²) in [5.74, 6) is 0. The molecule has 0 saturated carbocycles. The van der Waals surface area contributed by atoms with E-state index >= 15 is 0 Å². The number of hydrogen-bond donors (Lipinski definition) is 1. The topological polar surface area (TPSA) is 15.3 Å². The van der Waals surface area contributed by atoms with Gasteiger partial charge in [0.15, 0.2) is 0 Å². The van der Waals surface area contributed by atoms with Gasteiger partial charge in [0.05, 0.1) is 0 Å². The molecule has 2 rings (SSSR count). The molecule has 1 N–H and O–H groups in total. The molecule has 0 aromatic rings. The highest BCUT2D eigenvalue weighted by atomic mass is 15.1. The highest BCUT2D eigenvalue weighted by molar-refractivity contribution is 4.62. The Kier molecular flexibility index (Phi) is 5.37. The lowest BCUT2D eigenvalue weighted by Crippen LogP contribution is -2.17. The van der Waals surface area contributed by atoms with Crippen LogP contribution in [0.1, 0.15) is 32.6 Å². The Bertz CT molecular complexity index is 86.4. The molecule has 72 valence electrons. The van der Waals surface area contributed by atoms with Gasteiger partial charge in [-0.25, -0.2) is 0 Å². The number of hydrogen-bond acceptors (Lipinski definition) is 2. The van der Waals surface area contributed by atoms with Gasteiger partial charge < -0.3 is 10.2 Å². The number of likely N-dealkylation sites (tertiary alicyclic amines) is 1. The van der Waals surface area contributed by atoms with Gasteiger partial charge in [-0.05, 0) is 58.4 Å². The van der Waals surface area contributed by atoms with Gasteiger partial charge in [-0.1, -0.05) is 6.92 Å². The van der Waals surface area contributed by atoms with Crippen molar-refractivity contribution in [1.29, 1.82) is 0 Å². The standard InChI is InChI=1S/C6H13N.C4H9N/c1-2-7-5-3-4-6-7;1-2-4-5-3-1/h2-6H2,1H3;5H,1-4H2. The number of nitrogens with zero attached hydrogens (tertiary/aromatic N) is 1. The van der Waals surface area contributed by atoms with Crippen molar-refractivity contribution in [3.63, 3.8) is 0 Å². The maximum atomic E-state index is 3.22. The largest absolute Gasteiger partial charge is 0.317 e. The molecule has 0 amide bonds. The molecular weight excluding hydrogens is 148 g/mol. The molecule has 0 atom stereocenters. The van der Waals surface area contributed by atoms with Gasteiger partial charge in [0.1, 0.15) is 0 Å². The maximum absolute atomic E-state index is 3.22. The van der Waals surface area contributed by atoms with Crippen LogP contribution in [0.4, 0.5) is 0 Å². The summed E-state index contributed by atoms with van der Waals surface area (Å²) in [7, 11) is 0. The molecule has 2 fully saturated rings. The molecule has 2 nitrogen and oxygen atoms in total. The quantitative estimate of drug-likeness (QED) is 0.641. The van der Waals surface area contributed by atoms with Crippen LogP contribution in [0.3, 0.4) is 0 Å². The molecule has 0 radical (unpaired) electrons. The summed E-state index contributed by atoms with van der Waals surface area (Å²) in [5, 5.41) is 3.22. The lowest BCUT2D eigenvalue weighted by atomic mass is 10.4. The predicted octanol–water partition coefficient (Wildman–Crippen LogP) is 1.47. The molecule has 2 heterocycles. The minimum Gasteiger partial charge on any atom is -0.317 e. The van der Waals surface area contributed by atoms with Gasteiger partial charge in [0.25, 0.3) is 0 Å². The van der Waals surface area contributed by atoms with Crippen LogP contribution in [0.15, 0.2) is 0 Å². The van der Waals surface area contributed by atoms with Crippen molar-refractivity contribution in [3.05, 3.63) is 0 Å². The van der Waals surface area contributed by atoms with Gasteiger partial charge in [0, 0.05) is 0 Å². The summed E-state index contributed by atoms with van der Waals surface area (Å²) in [6.45, 7) is 8.66. The molecule has 2 saturated heterocycles. The first-order valence-corrected chi connectivity index (χ1v) is 5.36. The summed E-state index contributed by atoms with van der Waals surface area (Å²) in [4.78, 5) is 2.49. The van der Waals surface area contributed by atoms with Crippen LogP contribution in [0.25, 0.3) is 0 Å². The summed E-state index contributed by atoms with van der Waals surface area (Å²) < 4.78 is 0. The second-order valence-electron chi connectivity index (χ2n) is 3.60. The second-order valence-corrected chi connectivity index (χ2v) is 3.60. The Morgan fingerprint density at radius 2 is 1.58 bits per heavy atom. The Labute approximate surface area is 76.3 Å². The van der Waals surface area contributed by atoms with E-state index in [1.54, 1.807) is 0 Å². The van der Waals surface area contributed by atoms with E-state index in [0.29, 0.717) is 0 Å². The SMILES string of the molecule is C1CCNC1.CCN1CCCC1. The molecule has 12 heavy (non-hydrogen) atoms. The Morgan fingerprint density at radius 3 is 1.83 bits per heavy atom. The first-order valence-electron chi connectivity index (χ1n) is 5.36. The van der Waals surface area contributed by atoms with E-state index in [-0.39, 0.29) is 0 Å². The fourth-order valence-electron chi connectivity index (χ4n) is 1.72. The van der Waals surface area contributed by atoms with Crippen molar-refractivity contribution in [1.82, 2.24) is 10.2 Å². The number of nitrogens with one attached hydrogen (secondary N) is 1. The van der Waals surface area contributed by atoms with Crippen LogP contribution < -0.4 is 5.32 Å². The minimum atomic E-state index is 1.25. The van der Waals surface area contributed by atoms with Crippen LogP contribution in [0.5, 0.6) is 0 Å². The second kappa shape index (κ2) is 6.44. The molecule has 2 aliphatic heterocycles. The first kappa shape index (κ1) is 10.0. The van der Waals surface area contributed by atoms with Crippen LogP contribution in [-0.4, -0.2) is 37.6 Å². The summed E-state index contributed by atoms with van der Waals surface area (Å²) >= 11 is 0. The van der Waals surface area contributed by atoms with E-state index in [9.17, 15) is 0 Å². The van der Waals surface area contributed by atoms with Gasteiger partial charge in [-0.3, -0.25) is 0 Å². The lowest BCUT2D eigenvalue weighted by Gasteiger charge is -2.08. The molecule has 2 heteroatoms. The van der Waals surface area contributed by atoms with Crippen molar-refractivity contribution in [2.45, 2.75) is 32.6 Å². The predicted molar refractivity (Wildman–Crippen MR) is 53.5 cm³/mol. The van der Waals surface area contributed by atoms with Gasteiger partial charge >= 0.3 is 0 Å². The Morgan fingerprint density at radius 1 is 1.00 bits per heavy atom. The van der Waals surface area contributed by atoms with E-state index in [2.05, 4.69) is 17.1 Å². The molecule has 0 aromatic heterocycles. The van der Waals surface area contributed by atoms with E-state index < -0.39 is 0 Å². The zero-order valence-electron chi connectivity index (χ0n) is 8.31. The third-order valence-electron chi connectivity index (χ3n) is 2.60. The van der Waals surface area contributed by atoms with Crippen LogP contribution in [0.2, 0.25) is 0 Å². The average molecular weight is 170 g/mol. The molecule has 0 aromatic carbocycles. The zero-order chi connectivity index (χ0) is 8.65. The monoisotopic (exact) mass is 170 g/mol. The zero-order valence-corrected chi connectivity index (χ0v) is 8.31. The van der Waals surface area contributed by atoms with E-state index in [1.165, 1.54) is 58.4 Å². The minimum absolute atomic E-state index is 1.25. The fraction of sp³-hybridized carbons (Fsp3) is 1.00. The summed E-state index contributed by atoms with van der Waals surface area (Å²) in [6, 6.07) is 0. The third kappa shape index (κ3) is 4.07. The maximum Gasteiger partial charge on any atom is -0.00184 e. The van der Waals surface area contributed by atoms with Gasteiger partial charge in [-0.2, -0.15) is 0 Å². The van der Waals surface area contributed by atoms with Crippen molar-refractivity contribution >= 4 is 0 Å². The van der Waals surface area contributed by atoms with Crippen LogP contribution in [-0.2, 0) is 0 Å².